The van der Waals surface area contributed by atoms with Gasteiger partial charge < -0.3 is 15.7 Å². The molecule has 2 aromatic carbocycles. The van der Waals surface area contributed by atoms with Crippen molar-refractivity contribution in [3.63, 3.8) is 0 Å². The summed E-state index contributed by atoms with van der Waals surface area (Å²) in [5.74, 6) is 0. The Hall–Kier alpha value is -1.68. The van der Waals surface area contributed by atoms with Gasteiger partial charge in [0.05, 0.1) is 12.1 Å². The average molecular weight is 296 g/mol. The summed E-state index contributed by atoms with van der Waals surface area (Å²) < 4.78 is 0. The minimum Gasteiger partial charge on any atom is -0.390 e. The van der Waals surface area contributed by atoms with Crippen LogP contribution in [0.15, 0.2) is 48.5 Å². The summed E-state index contributed by atoms with van der Waals surface area (Å²) in [5, 5.41) is 16.9. The van der Waals surface area contributed by atoms with E-state index < -0.39 is 0 Å². The molecule has 0 saturated heterocycles. The van der Waals surface area contributed by atoms with Crippen molar-refractivity contribution < 1.29 is 5.11 Å². The Balaban J connectivity index is 1.74. The van der Waals surface area contributed by atoms with Crippen molar-refractivity contribution in [3.8, 4) is 11.1 Å². The van der Waals surface area contributed by atoms with E-state index in [0.29, 0.717) is 19.1 Å². The van der Waals surface area contributed by atoms with Gasteiger partial charge in [-0.1, -0.05) is 62.4 Å². The third-order valence-corrected chi connectivity index (χ3v) is 4.15. The Morgan fingerprint density at radius 3 is 2.00 bits per heavy atom. The Morgan fingerprint density at radius 1 is 0.909 bits per heavy atom. The Morgan fingerprint density at radius 2 is 1.45 bits per heavy atom. The molecule has 1 atom stereocenters. The van der Waals surface area contributed by atoms with Gasteiger partial charge in [0.2, 0.25) is 0 Å². The van der Waals surface area contributed by atoms with Crippen molar-refractivity contribution in [1.82, 2.24) is 10.6 Å². The highest BCUT2D eigenvalue weighted by atomic mass is 16.3. The van der Waals surface area contributed by atoms with E-state index in [0.717, 1.165) is 0 Å². The minimum atomic E-state index is -0.387. The van der Waals surface area contributed by atoms with Crippen LogP contribution in [0.5, 0.6) is 0 Å². The molecule has 0 saturated carbocycles. The Kier molecular flexibility index (Phi) is 4.57. The van der Waals surface area contributed by atoms with Crippen LogP contribution >= 0.6 is 0 Å². The lowest BCUT2D eigenvalue weighted by Crippen LogP contribution is -2.39. The highest BCUT2D eigenvalue weighted by Crippen LogP contribution is 2.42. The number of benzene rings is 2. The van der Waals surface area contributed by atoms with Crippen molar-refractivity contribution in [1.29, 1.82) is 0 Å². The zero-order valence-electron chi connectivity index (χ0n) is 13.2. The topological polar surface area (TPSA) is 44.3 Å². The SMILES string of the molecule is CC(C)NCC(O)CNC1c2ccccc2-c2ccccc21. The van der Waals surface area contributed by atoms with E-state index in [1.54, 1.807) is 0 Å². The average Bonchev–Trinajstić information content (AvgIpc) is 2.85. The molecular formula is C19H24N2O. The summed E-state index contributed by atoms with van der Waals surface area (Å²) >= 11 is 0. The number of hydrogen-bond donors (Lipinski definition) is 3. The normalized spacial score (nSPS) is 14.9. The lowest BCUT2D eigenvalue weighted by atomic mass is 10.1. The zero-order valence-corrected chi connectivity index (χ0v) is 13.2. The van der Waals surface area contributed by atoms with Gasteiger partial charge in [0.15, 0.2) is 0 Å². The second kappa shape index (κ2) is 6.61. The summed E-state index contributed by atoms with van der Waals surface area (Å²) in [6.45, 7) is 5.36. The lowest BCUT2D eigenvalue weighted by Gasteiger charge is -2.20. The molecular weight excluding hydrogens is 272 g/mol. The third kappa shape index (κ3) is 3.07. The summed E-state index contributed by atoms with van der Waals surface area (Å²) in [7, 11) is 0. The van der Waals surface area contributed by atoms with E-state index in [2.05, 4.69) is 73.0 Å². The van der Waals surface area contributed by atoms with Crippen LogP contribution in [-0.2, 0) is 0 Å². The van der Waals surface area contributed by atoms with Gasteiger partial charge in [0.1, 0.15) is 0 Å². The first-order valence-electron chi connectivity index (χ1n) is 8.00. The van der Waals surface area contributed by atoms with Gasteiger partial charge in [-0.2, -0.15) is 0 Å². The van der Waals surface area contributed by atoms with E-state index >= 15 is 0 Å². The molecule has 3 N–H and O–H groups in total. The molecule has 0 heterocycles. The van der Waals surface area contributed by atoms with Crippen LogP contribution in [0.2, 0.25) is 0 Å². The first-order valence-corrected chi connectivity index (χ1v) is 8.00. The van der Waals surface area contributed by atoms with E-state index in [1.807, 2.05) is 0 Å². The largest absolute Gasteiger partial charge is 0.390 e. The summed E-state index contributed by atoms with van der Waals surface area (Å²) in [5.41, 5.74) is 5.19. The maximum Gasteiger partial charge on any atom is 0.0789 e. The molecule has 3 rings (SSSR count). The molecule has 0 spiro atoms. The molecule has 0 radical (unpaired) electrons. The van der Waals surface area contributed by atoms with Gasteiger partial charge in [-0.05, 0) is 22.3 Å². The molecule has 1 aliphatic rings. The number of aliphatic hydroxyl groups is 1. The molecule has 3 heteroatoms. The van der Waals surface area contributed by atoms with Gasteiger partial charge in [0.25, 0.3) is 0 Å². The minimum absolute atomic E-state index is 0.168. The Bertz CT molecular complexity index is 593. The predicted molar refractivity (Wildman–Crippen MR) is 90.9 cm³/mol. The van der Waals surface area contributed by atoms with E-state index in [9.17, 15) is 5.11 Å². The molecule has 3 nitrogen and oxygen atoms in total. The molecule has 0 aliphatic heterocycles. The van der Waals surface area contributed by atoms with Crippen molar-refractivity contribution in [2.75, 3.05) is 13.1 Å². The van der Waals surface area contributed by atoms with Crippen LogP contribution in [0, 0.1) is 0 Å². The molecule has 1 unspecified atom stereocenters. The zero-order chi connectivity index (χ0) is 15.5. The molecule has 1 aliphatic carbocycles. The second-order valence-electron chi connectivity index (χ2n) is 6.23. The van der Waals surface area contributed by atoms with Gasteiger partial charge in [-0.3, -0.25) is 0 Å². The Labute approximate surface area is 132 Å². The quantitative estimate of drug-likeness (QED) is 0.768. The van der Waals surface area contributed by atoms with E-state index in [-0.39, 0.29) is 12.1 Å². The van der Waals surface area contributed by atoms with Gasteiger partial charge in [-0.25, -0.2) is 0 Å². The summed E-state index contributed by atoms with van der Waals surface area (Å²) in [4.78, 5) is 0. The van der Waals surface area contributed by atoms with Gasteiger partial charge in [0, 0.05) is 19.1 Å². The fourth-order valence-corrected chi connectivity index (χ4v) is 3.07. The maximum atomic E-state index is 10.1. The highest BCUT2D eigenvalue weighted by molar-refractivity contribution is 5.78. The highest BCUT2D eigenvalue weighted by Gasteiger charge is 2.27. The number of nitrogens with one attached hydrogen (secondary N) is 2. The maximum absolute atomic E-state index is 10.1. The molecule has 0 amide bonds. The van der Waals surface area contributed by atoms with Crippen molar-refractivity contribution in [2.24, 2.45) is 0 Å². The van der Waals surface area contributed by atoms with Crippen LogP contribution in [-0.4, -0.2) is 30.3 Å². The second-order valence-corrected chi connectivity index (χ2v) is 6.23. The number of rotatable bonds is 6. The standard InChI is InChI=1S/C19H24N2O/c1-13(2)20-11-14(22)12-21-19-17-9-5-3-7-15(17)16-8-4-6-10-18(16)19/h3-10,13-14,19-22H,11-12H2,1-2H3. The first-order chi connectivity index (χ1) is 10.7. The van der Waals surface area contributed by atoms with Crippen molar-refractivity contribution >= 4 is 0 Å². The van der Waals surface area contributed by atoms with Crippen LogP contribution < -0.4 is 10.6 Å². The molecule has 0 bridgehead atoms. The molecule has 0 aromatic heterocycles. The van der Waals surface area contributed by atoms with Gasteiger partial charge >= 0.3 is 0 Å². The predicted octanol–water partition coefficient (Wildman–Crippen LogP) is 2.70. The van der Waals surface area contributed by atoms with Gasteiger partial charge in [-0.15, -0.1) is 0 Å². The smallest absolute Gasteiger partial charge is 0.0789 e. The first kappa shape index (κ1) is 15.2. The summed E-state index contributed by atoms with van der Waals surface area (Å²) in [6, 6.07) is 17.6. The number of aliphatic hydroxyl groups excluding tert-OH is 1. The molecule has 0 fully saturated rings. The monoisotopic (exact) mass is 296 g/mol. The number of hydrogen-bond acceptors (Lipinski definition) is 3. The van der Waals surface area contributed by atoms with Crippen LogP contribution in [0.25, 0.3) is 11.1 Å². The fraction of sp³-hybridized carbons (Fsp3) is 0.368. The molecule has 22 heavy (non-hydrogen) atoms. The molecule has 116 valence electrons. The molecule has 2 aromatic rings. The number of fused-ring (bicyclic) bond motifs is 3. The van der Waals surface area contributed by atoms with Crippen LogP contribution in [0.1, 0.15) is 31.0 Å². The lowest BCUT2D eigenvalue weighted by molar-refractivity contribution is 0.163. The van der Waals surface area contributed by atoms with Crippen LogP contribution in [0.4, 0.5) is 0 Å². The fourth-order valence-electron chi connectivity index (χ4n) is 3.07. The van der Waals surface area contributed by atoms with Crippen molar-refractivity contribution in [2.45, 2.75) is 32.0 Å². The van der Waals surface area contributed by atoms with E-state index in [1.165, 1.54) is 22.3 Å². The van der Waals surface area contributed by atoms with E-state index in [4.69, 9.17) is 0 Å². The third-order valence-electron chi connectivity index (χ3n) is 4.15. The van der Waals surface area contributed by atoms with Crippen LogP contribution in [0.3, 0.4) is 0 Å². The summed E-state index contributed by atoms with van der Waals surface area (Å²) in [6.07, 6.45) is -0.387. The van der Waals surface area contributed by atoms with Crippen molar-refractivity contribution in [3.05, 3.63) is 59.7 Å².